The molecule has 1 heterocycles. The Morgan fingerprint density at radius 1 is 1.44 bits per heavy atom. The van der Waals surface area contributed by atoms with Crippen LogP contribution >= 0.6 is 11.3 Å². The van der Waals surface area contributed by atoms with Crippen LogP contribution in [0.15, 0.2) is 6.07 Å². The number of aryl methyl sites for hydroxylation is 1. The van der Waals surface area contributed by atoms with Crippen molar-refractivity contribution in [3.8, 4) is 0 Å². The molecule has 1 N–H and O–H groups in total. The number of nitrogens with zero attached hydrogens (tertiary/aromatic N) is 1. The minimum Gasteiger partial charge on any atom is -0.315 e. The summed E-state index contributed by atoms with van der Waals surface area (Å²) in [5.74, 6) is 0.993. The van der Waals surface area contributed by atoms with Crippen molar-refractivity contribution >= 4 is 11.3 Å². The summed E-state index contributed by atoms with van der Waals surface area (Å²) in [4.78, 5) is 5.61. The Morgan fingerprint density at radius 2 is 2.22 bits per heavy atom. The van der Waals surface area contributed by atoms with E-state index < -0.39 is 0 Å². The minimum atomic E-state index is 0.993. The van der Waals surface area contributed by atoms with Crippen LogP contribution in [0, 0.1) is 12.8 Å². The van der Waals surface area contributed by atoms with Crippen molar-refractivity contribution in [1.29, 1.82) is 0 Å². The van der Waals surface area contributed by atoms with Crippen molar-refractivity contribution in [3.05, 3.63) is 21.4 Å². The highest BCUT2D eigenvalue weighted by molar-refractivity contribution is 7.12. The normalized spacial score (nSPS) is 15.6. The monoisotopic (exact) mass is 266 g/mol. The van der Waals surface area contributed by atoms with Crippen LogP contribution in [0.2, 0.25) is 0 Å². The van der Waals surface area contributed by atoms with Gasteiger partial charge in [0.05, 0.1) is 0 Å². The minimum absolute atomic E-state index is 0.993. The molecular formula is C15H26N2S. The van der Waals surface area contributed by atoms with E-state index in [0.717, 1.165) is 19.0 Å². The van der Waals surface area contributed by atoms with Gasteiger partial charge < -0.3 is 5.32 Å². The first-order chi connectivity index (χ1) is 8.72. The molecule has 0 atom stereocenters. The van der Waals surface area contributed by atoms with Crippen molar-refractivity contribution in [1.82, 2.24) is 10.2 Å². The van der Waals surface area contributed by atoms with Crippen molar-refractivity contribution in [2.45, 2.75) is 46.2 Å². The lowest BCUT2D eigenvalue weighted by Crippen LogP contribution is -2.26. The molecule has 0 radical (unpaired) electrons. The van der Waals surface area contributed by atoms with Crippen LogP contribution in [0.3, 0.4) is 0 Å². The van der Waals surface area contributed by atoms with Crippen LogP contribution < -0.4 is 5.32 Å². The van der Waals surface area contributed by atoms with E-state index in [1.54, 1.807) is 5.56 Å². The van der Waals surface area contributed by atoms with Crippen LogP contribution in [0.25, 0.3) is 0 Å². The molecule has 0 aliphatic heterocycles. The second-order valence-electron chi connectivity index (χ2n) is 5.50. The van der Waals surface area contributed by atoms with E-state index >= 15 is 0 Å². The van der Waals surface area contributed by atoms with Gasteiger partial charge in [0.15, 0.2) is 0 Å². The number of thiophene rings is 1. The van der Waals surface area contributed by atoms with Gasteiger partial charge in [-0.2, -0.15) is 0 Å². The van der Waals surface area contributed by atoms with E-state index in [-0.39, 0.29) is 0 Å². The van der Waals surface area contributed by atoms with E-state index in [1.165, 1.54) is 42.1 Å². The molecule has 1 aliphatic carbocycles. The Balaban J connectivity index is 1.95. The first-order valence-electron chi connectivity index (χ1n) is 7.18. The van der Waals surface area contributed by atoms with Gasteiger partial charge in [-0.1, -0.05) is 6.92 Å². The molecule has 1 saturated carbocycles. The van der Waals surface area contributed by atoms with Crippen molar-refractivity contribution in [2.75, 3.05) is 20.1 Å². The average Bonchev–Trinajstić information content (AvgIpc) is 3.06. The third kappa shape index (κ3) is 4.08. The molecule has 102 valence electrons. The summed E-state index contributed by atoms with van der Waals surface area (Å²) in [6.07, 6.45) is 4.17. The van der Waals surface area contributed by atoms with Gasteiger partial charge in [0, 0.05) is 29.4 Å². The van der Waals surface area contributed by atoms with Crippen LogP contribution in [0.1, 0.15) is 41.5 Å². The summed E-state index contributed by atoms with van der Waals surface area (Å²) in [6, 6.07) is 2.39. The Bertz CT molecular complexity index is 369. The zero-order chi connectivity index (χ0) is 13.0. The van der Waals surface area contributed by atoms with Crippen LogP contribution in [-0.2, 0) is 13.1 Å². The van der Waals surface area contributed by atoms with Gasteiger partial charge in [-0.05, 0) is 57.3 Å². The Kier molecular flexibility index (Phi) is 5.22. The molecule has 0 aromatic carbocycles. The molecule has 2 nitrogen and oxygen atoms in total. The zero-order valence-electron chi connectivity index (χ0n) is 12.0. The zero-order valence-corrected chi connectivity index (χ0v) is 12.8. The lowest BCUT2D eigenvalue weighted by molar-refractivity contribution is 0.255. The summed E-state index contributed by atoms with van der Waals surface area (Å²) in [6.45, 7) is 9.25. The number of hydrogen-bond acceptors (Lipinski definition) is 3. The fourth-order valence-corrected chi connectivity index (χ4v) is 3.53. The molecule has 18 heavy (non-hydrogen) atoms. The maximum atomic E-state index is 3.24. The predicted molar refractivity (Wildman–Crippen MR) is 80.1 cm³/mol. The van der Waals surface area contributed by atoms with Crippen molar-refractivity contribution in [3.63, 3.8) is 0 Å². The van der Waals surface area contributed by atoms with Gasteiger partial charge in [-0.15, -0.1) is 11.3 Å². The van der Waals surface area contributed by atoms with E-state index in [2.05, 4.69) is 30.1 Å². The first-order valence-corrected chi connectivity index (χ1v) is 7.99. The Morgan fingerprint density at radius 3 is 2.83 bits per heavy atom. The molecule has 3 heteroatoms. The molecule has 0 spiro atoms. The lowest BCUT2D eigenvalue weighted by atomic mass is 10.2. The van der Waals surface area contributed by atoms with Crippen LogP contribution in [-0.4, -0.2) is 25.0 Å². The topological polar surface area (TPSA) is 15.3 Å². The van der Waals surface area contributed by atoms with Gasteiger partial charge >= 0.3 is 0 Å². The van der Waals surface area contributed by atoms with E-state index in [1.807, 2.05) is 18.4 Å². The maximum absolute atomic E-state index is 3.24. The standard InChI is InChI=1S/C15H26N2S/c1-4-7-17(10-13-5-6-13)11-14-8-15(9-16-3)18-12(14)2/h8,13,16H,4-7,9-11H2,1-3H3. The quantitative estimate of drug-likeness (QED) is 0.776. The van der Waals surface area contributed by atoms with Crippen LogP contribution in [0.4, 0.5) is 0 Å². The molecule has 0 saturated heterocycles. The first kappa shape index (κ1) is 14.0. The lowest BCUT2D eigenvalue weighted by Gasteiger charge is -2.21. The highest BCUT2D eigenvalue weighted by atomic mass is 32.1. The summed E-state index contributed by atoms with van der Waals surface area (Å²) in [5.41, 5.74) is 1.54. The maximum Gasteiger partial charge on any atom is 0.0296 e. The molecule has 1 fully saturated rings. The SMILES string of the molecule is CCCN(Cc1cc(CNC)sc1C)CC1CC1. The predicted octanol–water partition coefficient (Wildman–Crippen LogP) is 3.40. The molecular weight excluding hydrogens is 240 g/mol. The molecule has 0 unspecified atom stereocenters. The summed E-state index contributed by atoms with van der Waals surface area (Å²) >= 11 is 1.94. The molecule has 1 aromatic heterocycles. The second kappa shape index (κ2) is 6.69. The van der Waals surface area contributed by atoms with Gasteiger partial charge in [-0.3, -0.25) is 4.90 Å². The molecule has 0 amide bonds. The van der Waals surface area contributed by atoms with Gasteiger partial charge in [0.25, 0.3) is 0 Å². The highest BCUT2D eigenvalue weighted by Gasteiger charge is 2.24. The molecule has 1 aliphatic rings. The van der Waals surface area contributed by atoms with Gasteiger partial charge in [0.1, 0.15) is 0 Å². The number of rotatable bonds is 8. The Hall–Kier alpha value is -0.380. The van der Waals surface area contributed by atoms with E-state index in [0.29, 0.717) is 0 Å². The fourth-order valence-electron chi connectivity index (χ4n) is 2.46. The summed E-state index contributed by atoms with van der Waals surface area (Å²) in [5, 5.41) is 3.24. The highest BCUT2D eigenvalue weighted by Crippen LogP contribution is 2.31. The van der Waals surface area contributed by atoms with Crippen LogP contribution in [0.5, 0.6) is 0 Å². The summed E-state index contributed by atoms with van der Waals surface area (Å²) < 4.78 is 0. The van der Waals surface area contributed by atoms with Gasteiger partial charge in [-0.25, -0.2) is 0 Å². The molecule has 2 rings (SSSR count). The molecule has 0 bridgehead atoms. The Labute approximate surface area is 115 Å². The second-order valence-corrected chi connectivity index (χ2v) is 6.84. The van der Waals surface area contributed by atoms with E-state index in [9.17, 15) is 0 Å². The number of nitrogens with one attached hydrogen (secondary N) is 1. The van der Waals surface area contributed by atoms with Gasteiger partial charge in [0.2, 0.25) is 0 Å². The average molecular weight is 266 g/mol. The van der Waals surface area contributed by atoms with Crippen molar-refractivity contribution < 1.29 is 0 Å². The van der Waals surface area contributed by atoms with Crippen molar-refractivity contribution in [2.24, 2.45) is 5.92 Å². The summed E-state index contributed by atoms with van der Waals surface area (Å²) in [7, 11) is 2.02. The van der Waals surface area contributed by atoms with E-state index in [4.69, 9.17) is 0 Å². The fraction of sp³-hybridized carbons (Fsp3) is 0.733. The third-order valence-electron chi connectivity index (χ3n) is 3.57. The smallest absolute Gasteiger partial charge is 0.0296 e. The largest absolute Gasteiger partial charge is 0.315 e. The number of hydrogen-bond donors (Lipinski definition) is 1. The molecule has 1 aromatic rings. The third-order valence-corrected chi connectivity index (χ3v) is 4.66.